The molecule has 0 saturated carbocycles. The van der Waals surface area contributed by atoms with Crippen LogP contribution in [0.3, 0.4) is 0 Å². The third kappa shape index (κ3) is 2.65. The second kappa shape index (κ2) is 5.63. The summed E-state index contributed by atoms with van der Waals surface area (Å²) in [6.45, 7) is -0.0414. The molecule has 0 atom stereocenters. The van der Waals surface area contributed by atoms with Crippen molar-refractivity contribution in [1.29, 1.82) is 0 Å². The van der Waals surface area contributed by atoms with Gasteiger partial charge in [-0.1, -0.05) is 0 Å². The van der Waals surface area contributed by atoms with Gasteiger partial charge in [-0.05, 0) is 24.3 Å². The number of imidazole rings is 1. The lowest BCUT2D eigenvalue weighted by atomic mass is 10.1. The molecule has 0 spiro atoms. The zero-order chi connectivity index (χ0) is 14.8. The number of hydrogen-bond donors (Lipinski definition) is 1. The van der Waals surface area contributed by atoms with Crippen molar-refractivity contribution in [3.63, 3.8) is 0 Å². The zero-order valence-corrected chi connectivity index (χ0v) is 12.0. The normalized spacial score (nSPS) is 11.0. The Morgan fingerprint density at radius 2 is 2.19 bits per heavy atom. The maximum atomic E-state index is 13.0. The summed E-state index contributed by atoms with van der Waals surface area (Å²) < 4.78 is 19.7. The Morgan fingerprint density at radius 3 is 2.90 bits per heavy atom. The molecule has 1 N–H and O–H groups in total. The van der Waals surface area contributed by atoms with Crippen molar-refractivity contribution < 1.29 is 13.9 Å². The van der Waals surface area contributed by atoms with Crippen molar-refractivity contribution in [1.82, 2.24) is 9.38 Å². The van der Waals surface area contributed by atoms with Crippen LogP contribution in [-0.4, -0.2) is 29.0 Å². The van der Waals surface area contributed by atoms with Gasteiger partial charge in [0.05, 0.1) is 0 Å². The summed E-state index contributed by atoms with van der Waals surface area (Å²) in [7, 11) is 1.46. The summed E-state index contributed by atoms with van der Waals surface area (Å²) in [5.74, 6) is -0.0292. The van der Waals surface area contributed by atoms with Crippen molar-refractivity contribution in [3.8, 4) is 11.3 Å². The average Bonchev–Trinajstić information content (AvgIpc) is 3.03. The van der Waals surface area contributed by atoms with Gasteiger partial charge in [-0.2, -0.15) is 0 Å². The molecule has 0 bridgehead atoms. The Morgan fingerprint density at radius 1 is 1.43 bits per heavy atom. The van der Waals surface area contributed by atoms with Crippen LogP contribution in [0.4, 0.5) is 10.2 Å². The number of anilines is 1. The van der Waals surface area contributed by atoms with E-state index in [1.165, 1.54) is 30.6 Å². The third-order valence-corrected chi connectivity index (χ3v) is 3.67. The summed E-state index contributed by atoms with van der Waals surface area (Å²) in [4.78, 5) is 17.0. The highest BCUT2D eigenvalue weighted by Crippen LogP contribution is 2.30. The van der Waals surface area contributed by atoms with E-state index in [4.69, 9.17) is 4.74 Å². The minimum atomic E-state index is -0.315. The molecule has 1 amide bonds. The van der Waals surface area contributed by atoms with Gasteiger partial charge < -0.3 is 10.1 Å². The third-order valence-electron chi connectivity index (χ3n) is 2.91. The lowest BCUT2D eigenvalue weighted by Gasteiger charge is -2.06. The van der Waals surface area contributed by atoms with E-state index in [1.807, 2.05) is 11.6 Å². The number of carbonyl (C=O) groups is 1. The van der Waals surface area contributed by atoms with Crippen LogP contribution < -0.4 is 5.32 Å². The number of rotatable bonds is 4. The molecule has 2 aromatic heterocycles. The molecule has 1 aromatic carbocycles. The number of amides is 1. The van der Waals surface area contributed by atoms with Crippen LogP contribution in [-0.2, 0) is 9.53 Å². The number of nitrogens with one attached hydrogen (secondary N) is 1. The average molecular weight is 305 g/mol. The number of ether oxygens (including phenoxy) is 1. The summed E-state index contributed by atoms with van der Waals surface area (Å²) in [5.41, 5.74) is 1.34. The van der Waals surface area contributed by atoms with Gasteiger partial charge in [-0.3, -0.25) is 9.20 Å². The lowest BCUT2D eigenvalue weighted by Crippen LogP contribution is -2.18. The van der Waals surface area contributed by atoms with Crippen molar-refractivity contribution in [2.45, 2.75) is 0 Å². The van der Waals surface area contributed by atoms with Gasteiger partial charge in [0.25, 0.3) is 5.91 Å². The van der Waals surface area contributed by atoms with Crippen LogP contribution in [0, 0.1) is 5.82 Å². The van der Waals surface area contributed by atoms with Crippen LogP contribution in [0.5, 0.6) is 0 Å². The summed E-state index contributed by atoms with van der Waals surface area (Å²) in [6.07, 6.45) is 1.82. The van der Waals surface area contributed by atoms with Gasteiger partial charge in [0.15, 0.2) is 4.96 Å². The van der Waals surface area contributed by atoms with E-state index in [9.17, 15) is 9.18 Å². The molecule has 108 valence electrons. The first-order valence-electron chi connectivity index (χ1n) is 6.19. The molecule has 2 heterocycles. The molecule has 0 unspecified atom stereocenters. The Balaban J connectivity index is 2.06. The predicted molar refractivity (Wildman–Crippen MR) is 79.0 cm³/mol. The van der Waals surface area contributed by atoms with Gasteiger partial charge >= 0.3 is 0 Å². The van der Waals surface area contributed by atoms with Crippen LogP contribution >= 0.6 is 11.3 Å². The lowest BCUT2D eigenvalue weighted by molar-refractivity contribution is -0.119. The second-order valence-electron chi connectivity index (χ2n) is 4.35. The predicted octanol–water partition coefficient (Wildman–Crippen LogP) is 2.79. The van der Waals surface area contributed by atoms with E-state index in [0.717, 1.165) is 10.5 Å². The molecule has 3 rings (SSSR count). The van der Waals surface area contributed by atoms with Crippen molar-refractivity contribution in [2.24, 2.45) is 0 Å². The van der Waals surface area contributed by atoms with Crippen LogP contribution in [0.25, 0.3) is 16.2 Å². The van der Waals surface area contributed by atoms with E-state index in [1.54, 1.807) is 16.5 Å². The fraction of sp³-hybridized carbons (Fsp3) is 0.143. The van der Waals surface area contributed by atoms with Crippen molar-refractivity contribution >= 4 is 28.0 Å². The minimum Gasteiger partial charge on any atom is -0.375 e. The number of methoxy groups -OCH3 is 1. The van der Waals surface area contributed by atoms with Gasteiger partial charge in [0.2, 0.25) is 0 Å². The Kier molecular flexibility index (Phi) is 3.68. The van der Waals surface area contributed by atoms with Gasteiger partial charge in [-0.25, -0.2) is 9.37 Å². The first-order chi connectivity index (χ1) is 10.2. The molecule has 21 heavy (non-hydrogen) atoms. The number of fused-ring (bicyclic) bond motifs is 1. The molecule has 0 radical (unpaired) electrons. The number of thiazole rings is 1. The number of carbonyl (C=O) groups excluding carboxylic acids is 1. The van der Waals surface area contributed by atoms with E-state index in [-0.39, 0.29) is 18.3 Å². The number of halogens is 1. The molecule has 0 aliphatic rings. The van der Waals surface area contributed by atoms with E-state index in [2.05, 4.69) is 10.3 Å². The maximum absolute atomic E-state index is 13.0. The van der Waals surface area contributed by atoms with E-state index < -0.39 is 0 Å². The largest absolute Gasteiger partial charge is 0.375 e. The number of benzene rings is 1. The van der Waals surface area contributed by atoms with Crippen molar-refractivity contribution in [2.75, 3.05) is 19.0 Å². The highest BCUT2D eigenvalue weighted by Gasteiger charge is 2.17. The Bertz CT molecular complexity index is 779. The fourth-order valence-electron chi connectivity index (χ4n) is 2.01. The standard InChI is InChI=1S/C14H12FN3O2S/c1-20-8-11(19)16-13-12(9-2-4-10(15)5-3-9)17-14-18(13)6-7-21-14/h2-7H,8H2,1H3,(H,16,19). The smallest absolute Gasteiger partial charge is 0.251 e. The fourth-order valence-corrected chi connectivity index (χ4v) is 2.73. The minimum absolute atomic E-state index is 0.0414. The number of nitrogens with zero attached hydrogens (tertiary/aromatic N) is 2. The number of hydrogen-bond acceptors (Lipinski definition) is 4. The summed E-state index contributed by atoms with van der Waals surface area (Å²) in [6, 6.07) is 5.99. The van der Waals surface area contributed by atoms with Crippen LogP contribution in [0.15, 0.2) is 35.8 Å². The molecular formula is C14H12FN3O2S. The molecular weight excluding hydrogens is 293 g/mol. The highest BCUT2D eigenvalue weighted by atomic mass is 32.1. The molecule has 0 aliphatic heterocycles. The molecule has 5 nitrogen and oxygen atoms in total. The van der Waals surface area contributed by atoms with E-state index >= 15 is 0 Å². The van der Waals surface area contributed by atoms with Crippen molar-refractivity contribution in [3.05, 3.63) is 41.7 Å². The van der Waals surface area contributed by atoms with Gasteiger partial charge in [0.1, 0.15) is 23.9 Å². The Hall–Kier alpha value is -2.25. The molecule has 3 aromatic rings. The van der Waals surface area contributed by atoms with Crippen LogP contribution in [0.2, 0.25) is 0 Å². The summed E-state index contributed by atoms with van der Waals surface area (Å²) >= 11 is 1.46. The van der Waals surface area contributed by atoms with Gasteiger partial charge in [0, 0.05) is 24.3 Å². The van der Waals surface area contributed by atoms with Gasteiger partial charge in [-0.15, -0.1) is 11.3 Å². The Labute approximate surface area is 124 Å². The topological polar surface area (TPSA) is 55.6 Å². The number of aromatic nitrogens is 2. The monoisotopic (exact) mass is 305 g/mol. The second-order valence-corrected chi connectivity index (χ2v) is 5.23. The van der Waals surface area contributed by atoms with E-state index in [0.29, 0.717) is 11.5 Å². The SMILES string of the molecule is COCC(=O)Nc1c(-c2ccc(F)cc2)nc2sccn12. The molecule has 0 saturated heterocycles. The first-order valence-corrected chi connectivity index (χ1v) is 7.07. The molecule has 0 aliphatic carbocycles. The quantitative estimate of drug-likeness (QED) is 0.806. The highest BCUT2D eigenvalue weighted by molar-refractivity contribution is 7.15. The molecule has 0 fully saturated rings. The zero-order valence-electron chi connectivity index (χ0n) is 11.2. The molecule has 7 heteroatoms. The summed E-state index contributed by atoms with van der Waals surface area (Å²) in [5, 5.41) is 4.66. The first kappa shape index (κ1) is 13.7. The maximum Gasteiger partial charge on any atom is 0.251 e. The van der Waals surface area contributed by atoms with Crippen LogP contribution in [0.1, 0.15) is 0 Å².